The van der Waals surface area contributed by atoms with Gasteiger partial charge in [0.05, 0.1) is 19.3 Å². The van der Waals surface area contributed by atoms with Gasteiger partial charge in [-0.25, -0.2) is 4.79 Å². The van der Waals surface area contributed by atoms with Gasteiger partial charge in [-0.1, -0.05) is 33.4 Å². The molecule has 1 aromatic heterocycles. The maximum absolute atomic E-state index is 12.2. The summed E-state index contributed by atoms with van der Waals surface area (Å²) in [5.41, 5.74) is 3.70. The molecule has 1 aliphatic heterocycles. The van der Waals surface area contributed by atoms with Gasteiger partial charge in [-0.15, -0.1) is 0 Å². The van der Waals surface area contributed by atoms with Crippen molar-refractivity contribution in [2.24, 2.45) is 5.73 Å². The first-order chi connectivity index (χ1) is 13.6. The molecular weight excluding hydrogens is 445 g/mol. The van der Waals surface area contributed by atoms with E-state index >= 15 is 0 Å². The van der Waals surface area contributed by atoms with Crippen molar-refractivity contribution in [3.05, 3.63) is 32.6 Å². The molecule has 11 nitrogen and oxygen atoms in total. The average Bonchev–Trinajstić information content (AvgIpc) is 3.01. The molecule has 14 heteroatoms. The van der Waals surface area contributed by atoms with Crippen LogP contribution in [0.3, 0.4) is 0 Å². The van der Waals surface area contributed by atoms with Crippen molar-refractivity contribution >= 4 is 29.4 Å². The summed E-state index contributed by atoms with van der Waals surface area (Å²) in [6, 6.07) is 0. The van der Waals surface area contributed by atoms with Crippen molar-refractivity contribution in [3.8, 4) is 11.8 Å². The zero-order valence-corrected chi connectivity index (χ0v) is 18.1. The van der Waals surface area contributed by atoms with Crippen LogP contribution in [0.25, 0.3) is 0 Å². The van der Waals surface area contributed by atoms with Gasteiger partial charge < -0.3 is 29.5 Å². The number of nitrogens with zero attached hydrogens (tertiary/aromatic N) is 1. The van der Waals surface area contributed by atoms with Crippen LogP contribution in [0.2, 0.25) is 0 Å². The van der Waals surface area contributed by atoms with Crippen LogP contribution >= 0.6 is 29.4 Å². The number of hydrogen-bond acceptors (Lipinski definition) is 10. The number of phosphoric acid groups is 1. The first-order valence-corrected chi connectivity index (χ1v) is 12.5. The number of nitrogens with two attached hydrogens (primary N) is 1. The Morgan fingerprint density at radius 1 is 1.59 bits per heavy atom. The predicted molar refractivity (Wildman–Crippen MR) is 107 cm³/mol. The van der Waals surface area contributed by atoms with Crippen molar-refractivity contribution < 1.29 is 28.3 Å². The predicted octanol–water partition coefficient (Wildman–Crippen LogP) is -0.646. The fourth-order valence-electron chi connectivity index (χ4n) is 2.67. The lowest BCUT2D eigenvalue weighted by Crippen LogP contribution is -2.34. The molecule has 0 aromatic carbocycles. The number of rotatable bonds is 8. The monoisotopic (exact) mass is 466 g/mol. The Kier molecular flexibility index (Phi) is 9.02. The highest BCUT2D eigenvalue weighted by atomic mass is 33.1. The van der Waals surface area contributed by atoms with Crippen LogP contribution in [-0.4, -0.2) is 51.5 Å². The number of H-pyrrole nitrogens is 1. The summed E-state index contributed by atoms with van der Waals surface area (Å²) in [6.45, 7) is 1.35. The lowest BCUT2D eigenvalue weighted by atomic mass is 10.2. The average molecular weight is 466 g/mol. The third-order valence-corrected chi connectivity index (χ3v) is 6.22. The minimum Gasteiger partial charge on any atom is -0.756 e. The quantitative estimate of drug-likeness (QED) is 0.193. The number of aromatic nitrogens is 2. The summed E-state index contributed by atoms with van der Waals surface area (Å²) < 4.78 is 28.2. The Labute approximate surface area is 174 Å². The van der Waals surface area contributed by atoms with E-state index in [1.54, 1.807) is 0 Å². The van der Waals surface area contributed by atoms with Gasteiger partial charge in [0.25, 0.3) is 13.4 Å². The molecule has 0 aliphatic carbocycles. The topological polar surface area (TPSA) is 169 Å². The second-order valence-electron chi connectivity index (χ2n) is 5.85. The van der Waals surface area contributed by atoms with Crippen LogP contribution in [0.5, 0.6) is 0 Å². The number of phosphoric ester groups is 1. The molecule has 2 heterocycles. The maximum Gasteiger partial charge on any atom is 0.330 e. The normalized spacial score (nSPS) is 24.5. The molecule has 1 aliphatic rings. The Balaban J connectivity index is 2.28. The van der Waals surface area contributed by atoms with Crippen LogP contribution < -0.4 is 21.9 Å². The van der Waals surface area contributed by atoms with Crippen LogP contribution in [-0.2, 0) is 18.6 Å². The number of hydrogen-bond donors (Lipinski definition) is 3. The Hall–Kier alpha value is -1.07. The van der Waals surface area contributed by atoms with Crippen LogP contribution in [0.15, 0.2) is 15.8 Å². The third-order valence-electron chi connectivity index (χ3n) is 3.78. The van der Waals surface area contributed by atoms with Gasteiger partial charge in [0.15, 0.2) is 0 Å². The molecule has 2 rings (SSSR count). The molecule has 29 heavy (non-hydrogen) atoms. The SMILES string of the molecule is CSS[C@H](C)OC1C[C@H](n2cc(C#CCN)c(=O)[nH]c2=O)O[C@@H]1COP(=O)([O-])O. The molecule has 5 atom stereocenters. The van der Waals surface area contributed by atoms with Gasteiger partial charge in [0, 0.05) is 12.6 Å². The standard InChI is InChI=1S/C15H22N3O8PS2/c1-9(29-28-2)25-11-6-13(26-12(11)8-24-27(21,22)23)18-7-10(4-3-5-16)14(19)17-15(18)20/h7,9,11-13H,5-6,8,16H2,1-2H3,(H,17,19,20)(H2,21,22,23)/p-1/t9-,11?,12-,13-/m1/s1. The molecule has 0 spiro atoms. The minimum atomic E-state index is -4.96. The van der Waals surface area contributed by atoms with Gasteiger partial charge in [0.2, 0.25) is 0 Å². The molecule has 1 aromatic rings. The zero-order valence-electron chi connectivity index (χ0n) is 15.6. The number of aromatic amines is 1. The van der Waals surface area contributed by atoms with Crippen LogP contribution in [0, 0.1) is 11.8 Å². The van der Waals surface area contributed by atoms with Crippen molar-refractivity contribution in [1.82, 2.24) is 9.55 Å². The van der Waals surface area contributed by atoms with Crippen molar-refractivity contribution in [2.75, 3.05) is 19.4 Å². The second-order valence-corrected chi connectivity index (χ2v) is 9.81. The Morgan fingerprint density at radius 2 is 2.31 bits per heavy atom. The van der Waals surface area contributed by atoms with Crippen LogP contribution in [0.1, 0.15) is 25.1 Å². The summed E-state index contributed by atoms with van der Waals surface area (Å²) in [4.78, 5) is 46.1. The number of ether oxygens (including phenoxy) is 2. The van der Waals surface area contributed by atoms with E-state index in [1.807, 2.05) is 13.2 Å². The van der Waals surface area contributed by atoms with E-state index in [2.05, 4.69) is 21.3 Å². The first kappa shape index (κ1) is 24.2. The van der Waals surface area contributed by atoms with Gasteiger partial charge in [-0.2, -0.15) is 0 Å². The molecule has 162 valence electrons. The highest BCUT2D eigenvalue weighted by molar-refractivity contribution is 8.76. The van der Waals surface area contributed by atoms with E-state index in [1.165, 1.54) is 27.8 Å². The van der Waals surface area contributed by atoms with Crippen molar-refractivity contribution in [3.63, 3.8) is 0 Å². The molecule has 1 saturated heterocycles. The van der Waals surface area contributed by atoms with E-state index in [9.17, 15) is 19.0 Å². The number of nitrogens with one attached hydrogen (secondary N) is 1. The summed E-state index contributed by atoms with van der Waals surface area (Å²) in [7, 11) is -2.03. The first-order valence-electron chi connectivity index (χ1n) is 8.37. The second kappa shape index (κ2) is 10.8. The van der Waals surface area contributed by atoms with Gasteiger partial charge in [-0.05, 0) is 13.2 Å². The fourth-order valence-corrected chi connectivity index (χ4v) is 4.41. The minimum absolute atomic E-state index is 0.0292. The van der Waals surface area contributed by atoms with Gasteiger partial charge >= 0.3 is 5.69 Å². The Morgan fingerprint density at radius 3 is 2.93 bits per heavy atom. The van der Waals surface area contributed by atoms with E-state index in [0.717, 1.165) is 4.57 Å². The maximum atomic E-state index is 12.2. The van der Waals surface area contributed by atoms with Crippen molar-refractivity contribution in [1.29, 1.82) is 0 Å². The van der Waals surface area contributed by atoms with E-state index in [4.69, 9.17) is 20.1 Å². The largest absolute Gasteiger partial charge is 0.756 e. The van der Waals surface area contributed by atoms with E-state index < -0.39 is 44.1 Å². The fraction of sp³-hybridized carbons (Fsp3) is 0.600. The molecule has 0 bridgehead atoms. The summed E-state index contributed by atoms with van der Waals surface area (Å²) in [5.74, 6) is 5.11. The molecule has 0 saturated carbocycles. The molecule has 0 radical (unpaired) electrons. The molecule has 0 amide bonds. The molecular formula is C15H21N3O8PS2-. The van der Waals surface area contributed by atoms with Crippen molar-refractivity contribution in [2.45, 2.75) is 37.2 Å². The van der Waals surface area contributed by atoms with E-state index in [-0.39, 0.29) is 24.0 Å². The molecule has 1 fully saturated rings. The smallest absolute Gasteiger partial charge is 0.330 e. The highest BCUT2D eigenvalue weighted by Gasteiger charge is 2.39. The van der Waals surface area contributed by atoms with E-state index in [0.29, 0.717) is 0 Å². The Bertz CT molecular complexity index is 921. The van der Waals surface area contributed by atoms with Gasteiger partial charge in [-0.3, -0.25) is 18.9 Å². The molecule has 4 N–H and O–H groups in total. The zero-order chi connectivity index (χ0) is 21.6. The summed E-state index contributed by atoms with van der Waals surface area (Å²) >= 11 is 0. The lowest BCUT2D eigenvalue weighted by molar-refractivity contribution is -0.223. The molecule has 2 unspecified atom stereocenters. The van der Waals surface area contributed by atoms with Crippen LogP contribution in [0.4, 0.5) is 0 Å². The summed E-state index contributed by atoms with van der Waals surface area (Å²) in [6.07, 6.45) is 0.933. The summed E-state index contributed by atoms with van der Waals surface area (Å²) in [5, 5.41) is 0. The highest BCUT2D eigenvalue weighted by Crippen LogP contribution is 2.37. The third kappa shape index (κ3) is 7.29. The lowest BCUT2D eigenvalue weighted by Gasteiger charge is -2.24. The van der Waals surface area contributed by atoms with Gasteiger partial charge in [0.1, 0.15) is 23.3 Å².